The Labute approximate surface area is 188 Å². The normalized spacial score (nSPS) is 19.4. The van der Waals surface area contributed by atoms with Crippen LogP contribution >= 0.6 is 24.0 Å². The summed E-state index contributed by atoms with van der Waals surface area (Å²) >= 11 is 6.08. The summed E-state index contributed by atoms with van der Waals surface area (Å²) in [5.41, 5.74) is 1.29. The molecule has 1 saturated heterocycles. The second-order valence-corrected chi connectivity index (χ2v) is 9.76. The summed E-state index contributed by atoms with van der Waals surface area (Å²) in [5.74, 6) is -1.37. The summed E-state index contributed by atoms with van der Waals surface area (Å²) in [7, 11) is -4.41. The van der Waals surface area contributed by atoms with E-state index in [1.807, 2.05) is 0 Å². The Morgan fingerprint density at radius 3 is 2.71 bits per heavy atom. The second-order valence-electron chi connectivity index (χ2n) is 6.56. The Morgan fingerprint density at radius 2 is 2.03 bits per heavy atom. The number of allylic oxidation sites excluding steroid dienone is 4. The predicted molar refractivity (Wildman–Crippen MR) is 118 cm³/mol. The average molecular weight is 482 g/mol. The highest BCUT2D eigenvalue weighted by molar-refractivity contribution is 8.26. The van der Waals surface area contributed by atoms with E-state index in [4.69, 9.17) is 22.1 Å². The molecular formula is C19H17N2O7S3-. The standard InChI is InChI=1S/C19H18N2O7S3/c1-12(10-15-18(24)21(11-17(22)23)19(29)30-15)6-7-16-20(8-9-31(25,26)27)13-4-2-3-5-14(13)28-16/h2-7,10H,8-9,11H2,1H3,(H,22,23)(H,25,26,27)/p-1/b12-6+,15-10-,16-7-. The molecule has 0 radical (unpaired) electrons. The topological polar surface area (TPSA) is 127 Å². The van der Waals surface area contributed by atoms with E-state index >= 15 is 0 Å². The molecule has 9 nitrogen and oxygen atoms in total. The molecule has 0 saturated carbocycles. The molecule has 0 atom stereocenters. The van der Waals surface area contributed by atoms with Gasteiger partial charge in [-0.15, -0.1) is 0 Å². The molecule has 0 spiro atoms. The molecule has 1 fully saturated rings. The van der Waals surface area contributed by atoms with Gasteiger partial charge in [0.25, 0.3) is 5.91 Å². The summed E-state index contributed by atoms with van der Waals surface area (Å²) in [4.78, 5) is 26.1. The maximum Gasteiger partial charge on any atom is 0.323 e. The van der Waals surface area contributed by atoms with Crippen LogP contribution in [0, 0.1) is 0 Å². The number of aliphatic carboxylic acids is 1. The maximum absolute atomic E-state index is 12.4. The van der Waals surface area contributed by atoms with Crippen LogP contribution in [0.4, 0.5) is 5.69 Å². The largest absolute Gasteiger partial charge is 0.748 e. The Bertz CT molecular complexity index is 1140. The lowest BCUT2D eigenvalue weighted by Crippen LogP contribution is -2.33. The second kappa shape index (κ2) is 9.22. The molecule has 164 valence electrons. The molecule has 0 bridgehead atoms. The SMILES string of the molecule is CC(/C=C1\SC(=S)N(CC(=O)O)C1=O)=C\C=C1/Oc2ccccc2N1CCS(=O)(=O)[O-]. The number of benzene rings is 1. The van der Waals surface area contributed by atoms with Crippen molar-refractivity contribution < 1.29 is 32.4 Å². The van der Waals surface area contributed by atoms with Crippen molar-refractivity contribution in [2.45, 2.75) is 6.92 Å². The van der Waals surface area contributed by atoms with E-state index < -0.39 is 34.3 Å². The molecule has 2 aliphatic heterocycles. The fourth-order valence-corrected chi connectivity index (χ4v) is 4.55. The number of para-hydroxylation sites is 2. The fraction of sp³-hybridized carbons (Fsp3) is 0.211. The van der Waals surface area contributed by atoms with Gasteiger partial charge in [0.1, 0.15) is 10.9 Å². The third-order valence-electron chi connectivity index (χ3n) is 4.22. The van der Waals surface area contributed by atoms with Crippen LogP contribution in [0.5, 0.6) is 5.75 Å². The zero-order valence-corrected chi connectivity index (χ0v) is 18.6. The number of anilines is 1. The van der Waals surface area contributed by atoms with Crippen LogP contribution < -0.4 is 9.64 Å². The summed E-state index contributed by atoms with van der Waals surface area (Å²) in [5, 5.41) is 8.90. The van der Waals surface area contributed by atoms with Crippen LogP contribution in [-0.2, 0) is 19.7 Å². The lowest BCUT2D eigenvalue weighted by atomic mass is 10.2. The first kappa shape index (κ1) is 23.0. The number of nitrogens with zero attached hydrogens (tertiary/aromatic N) is 2. The Kier molecular flexibility index (Phi) is 6.84. The number of carboxylic acids is 1. The number of thioether (sulfide) groups is 1. The highest BCUT2D eigenvalue weighted by Crippen LogP contribution is 2.38. The van der Waals surface area contributed by atoms with Gasteiger partial charge in [-0.25, -0.2) is 8.42 Å². The smallest absolute Gasteiger partial charge is 0.323 e. The molecule has 3 rings (SSSR count). The molecule has 1 aromatic carbocycles. The number of carbonyl (C=O) groups is 2. The number of carboxylic acid groups (broad SMARTS) is 1. The van der Waals surface area contributed by atoms with Gasteiger partial charge in [0, 0.05) is 6.54 Å². The van der Waals surface area contributed by atoms with E-state index in [9.17, 15) is 22.6 Å². The molecule has 0 aliphatic carbocycles. The number of hydrogen-bond acceptors (Lipinski definition) is 9. The van der Waals surface area contributed by atoms with Gasteiger partial charge in [-0.3, -0.25) is 14.5 Å². The summed E-state index contributed by atoms with van der Waals surface area (Å²) in [6.07, 6.45) is 4.83. The number of rotatable bonds is 7. The third-order valence-corrected chi connectivity index (χ3v) is 6.28. The van der Waals surface area contributed by atoms with Crippen molar-refractivity contribution in [3.05, 3.63) is 58.9 Å². The monoisotopic (exact) mass is 481 g/mol. The molecule has 1 amide bonds. The van der Waals surface area contributed by atoms with Crippen LogP contribution in [0.25, 0.3) is 0 Å². The van der Waals surface area contributed by atoms with Crippen molar-refractivity contribution in [3.8, 4) is 5.75 Å². The van der Waals surface area contributed by atoms with Crippen LogP contribution in [-0.4, -0.2) is 58.0 Å². The highest BCUT2D eigenvalue weighted by Gasteiger charge is 2.33. The lowest BCUT2D eigenvalue weighted by Gasteiger charge is -2.19. The molecule has 12 heteroatoms. The Balaban J connectivity index is 1.81. The fourth-order valence-electron chi connectivity index (χ4n) is 2.84. The molecule has 0 unspecified atom stereocenters. The van der Waals surface area contributed by atoms with E-state index in [-0.39, 0.29) is 10.9 Å². The van der Waals surface area contributed by atoms with Gasteiger partial charge >= 0.3 is 5.97 Å². The van der Waals surface area contributed by atoms with Gasteiger partial charge in [-0.2, -0.15) is 0 Å². The van der Waals surface area contributed by atoms with Crippen molar-refractivity contribution in [1.29, 1.82) is 0 Å². The number of ether oxygens (including phenoxy) is 1. The first-order valence-corrected chi connectivity index (χ1v) is 11.7. The maximum atomic E-state index is 12.4. The average Bonchev–Trinajstić information content (AvgIpc) is 3.16. The zero-order valence-electron chi connectivity index (χ0n) is 16.2. The highest BCUT2D eigenvalue weighted by atomic mass is 32.2. The van der Waals surface area contributed by atoms with Crippen LogP contribution in [0.3, 0.4) is 0 Å². The van der Waals surface area contributed by atoms with Crippen LogP contribution in [0.1, 0.15) is 6.92 Å². The molecular weight excluding hydrogens is 464 g/mol. The van der Waals surface area contributed by atoms with Crippen LogP contribution in [0.15, 0.2) is 58.9 Å². The van der Waals surface area contributed by atoms with E-state index in [1.165, 1.54) is 0 Å². The quantitative estimate of drug-likeness (QED) is 0.351. The molecule has 31 heavy (non-hydrogen) atoms. The molecule has 2 heterocycles. The van der Waals surface area contributed by atoms with Crippen molar-refractivity contribution in [2.75, 3.05) is 23.7 Å². The van der Waals surface area contributed by atoms with E-state index in [1.54, 1.807) is 54.3 Å². The molecule has 1 aromatic rings. The summed E-state index contributed by atoms with van der Waals surface area (Å²) in [6, 6.07) is 7.01. The van der Waals surface area contributed by atoms with Gasteiger partial charge in [-0.1, -0.05) is 42.2 Å². The van der Waals surface area contributed by atoms with Crippen molar-refractivity contribution >= 4 is 56.0 Å². The Morgan fingerprint density at radius 1 is 1.32 bits per heavy atom. The van der Waals surface area contributed by atoms with Gasteiger partial charge in [-0.05, 0) is 36.8 Å². The number of fused-ring (bicyclic) bond motifs is 1. The summed E-state index contributed by atoms with van der Waals surface area (Å²) < 4.78 is 39.1. The summed E-state index contributed by atoms with van der Waals surface area (Å²) in [6.45, 7) is 1.16. The zero-order chi connectivity index (χ0) is 22.8. The van der Waals surface area contributed by atoms with Crippen molar-refractivity contribution in [2.24, 2.45) is 0 Å². The van der Waals surface area contributed by atoms with Crippen LogP contribution in [0.2, 0.25) is 0 Å². The van der Waals surface area contributed by atoms with E-state index in [2.05, 4.69) is 0 Å². The molecule has 2 aliphatic rings. The minimum absolute atomic E-state index is 0.0740. The lowest BCUT2D eigenvalue weighted by molar-refractivity contribution is -0.140. The number of carbonyl (C=O) groups excluding carboxylic acids is 1. The number of thiocarbonyl (C=S) groups is 1. The number of hydrogen-bond donors (Lipinski definition) is 1. The molecule has 0 aromatic heterocycles. The first-order chi connectivity index (χ1) is 14.5. The van der Waals surface area contributed by atoms with Crippen molar-refractivity contribution in [3.63, 3.8) is 0 Å². The van der Waals surface area contributed by atoms with E-state index in [0.717, 1.165) is 16.7 Å². The van der Waals surface area contributed by atoms with Gasteiger partial charge in [0.05, 0.1) is 26.5 Å². The third kappa shape index (κ3) is 5.73. The van der Waals surface area contributed by atoms with Gasteiger partial charge in [0.15, 0.2) is 5.75 Å². The first-order valence-electron chi connectivity index (χ1n) is 8.89. The predicted octanol–water partition coefficient (Wildman–Crippen LogP) is 2.05. The van der Waals surface area contributed by atoms with E-state index in [0.29, 0.717) is 27.8 Å². The van der Waals surface area contributed by atoms with Crippen molar-refractivity contribution in [1.82, 2.24) is 4.90 Å². The number of amides is 1. The minimum Gasteiger partial charge on any atom is -0.748 e. The Hall–Kier alpha value is -2.67. The minimum atomic E-state index is -4.41. The van der Waals surface area contributed by atoms with Gasteiger partial charge in [0.2, 0.25) is 5.88 Å². The van der Waals surface area contributed by atoms with Gasteiger partial charge < -0.3 is 19.3 Å². The molecule has 1 N–H and O–H groups in total.